The number of hydrogen-bond donors (Lipinski definition) is 0. The van der Waals surface area contributed by atoms with E-state index < -0.39 is 0 Å². The SMILES string of the molecule is CCN(C)c1cnn(CCCN=[N+]=[N-])c(=O)c1. The minimum Gasteiger partial charge on any atom is -0.373 e. The molecular formula is C10H16N6O. The van der Waals surface area contributed by atoms with Crippen LogP contribution in [0, 0.1) is 0 Å². The van der Waals surface area contributed by atoms with Gasteiger partial charge in [0.1, 0.15) is 0 Å². The zero-order valence-electron chi connectivity index (χ0n) is 10.1. The van der Waals surface area contributed by atoms with Crippen LogP contribution in [-0.2, 0) is 6.54 Å². The predicted octanol–water partition coefficient (Wildman–Crippen LogP) is 1.40. The standard InChI is InChI=1S/C10H16N6O/c1-3-15(2)9-7-10(17)16(13-8-9)6-4-5-12-14-11/h7-8H,3-6H2,1-2H3. The number of azide groups is 1. The molecule has 1 aromatic heterocycles. The first-order valence-electron chi connectivity index (χ1n) is 5.48. The van der Waals surface area contributed by atoms with E-state index in [1.54, 1.807) is 12.3 Å². The Morgan fingerprint density at radius 3 is 3.00 bits per heavy atom. The van der Waals surface area contributed by atoms with Gasteiger partial charge in [0.25, 0.3) is 5.56 Å². The van der Waals surface area contributed by atoms with Crippen molar-refractivity contribution in [3.05, 3.63) is 33.1 Å². The molecule has 0 spiro atoms. The van der Waals surface area contributed by atoms with Crippen molar-refractivity contribution in [2.45, 2.75) is 19.9 Å². The van der Waals surface area contributed by atoms with Gasteiger partial charge in [-0.25, -0.2) is 4.68 Å². The lowest BCUT2D eigenvalue weighted by Crippen LogP contribution is -2.25. The summed E-state index contributed by atoms with van der Waals surface area (Å²) in [5, 5.41) is 7.48. The highest BCUT2D eigenvalue weighted by Crippen LogP contribution is 2.05. The van der Waals surface area contributed by atoms with Crippen LogP contribution in [0.25, 0.3) is 10.4 Å². The molecule has 1 heterocycles. The summed E-state index contributed by atoms with van der Waals surface area (Å²) in [7, 11) is 1.91. The normalized spacial score (nSPS) is 9.76. The van der Waals surface area contributed by atoms with Crippen LogP contribution < -0.4 is 10.5 Å². The van der Waals surface area contributed by atoms with Gasteiger partial charge in [-0.05, 0) is 18.9 Å². The van der Waals surface area contributed by atoms with Crippen molar-refractivity contribution < 1.29 is 0 Å². The van der Waals surface area contributed by atoms with Gasteiger partial charge >= 0.3 is 0 Å². The first-order chi connectivity index (χ1) is 8.19. The molecule has 0 amide bonds. The highest BCUT2D eigenvalue weighted by Gasteiger charge is 2.02. The van der Waals surface area contributed by atoms with Gasteiger partial charge in [0.05, 0.1) is 11.9 Å². The van der Waals surface area contributed by atoms with Crippen LogP contribution in [0.15, 0.2) is 22.2 Å². The first kappa shape index (κ1) is 13.1. The highest BCUT2D eigenvalue weighted by molar-refractivity contribution is 5.41. The Hall–Kier alpha value is -2.01. The molecule has 1 aromatic rings. The maximum Gasteiger partial charge on any atom is 0.268 e. The summed E-state index contributed by atoms with van der Waals surface area (Å²) < 4.78 is 1.37. The summed E-state index contributed by atoms with van der Waals surface area (Å²) in [5.41, 5.74) is 8.78. The molecule has 0 saturated heterocycles. The van der Waals surface area contributed by atoms with Crippen molar-refractivity contribution in [2.75, 3.05) is 25.0 Å². The first-order valence-corrected chi connectivity index (χ1v) is 5.48. The summed E-state index contributed by atoms with van der Waals surface area (Å²) in [6.07, 6.45) is 2.28. The van der Waals surface area contributed by atoms with Crippen molar-refractivity contribution in [2.24, 2.45) is 5.11 Å². The minimum absolute atomic E-state index is 0.135. The number of rotatable bonds is 6. The van der Waals surface area contributed by atoms with Crippen LogP contribution in [0.4, 0.5) is 5.69 Å². The van der Waals surface area contributed by atoms with Gasteiger partial charge in [-0.1, -0.05) is 5.11 Å². The van der Waals surface area contributed by atoms with E-state index in [0.717, 1.165) is 12.2 Å². The number of aromatic nitrogens is 2. The van der Waals surface area contributed by atoms with Crippen LogP contribution in [-0.4, -0.2) is 29.9 Å². The van der Waals surface area contributed by atoms with E-state index >= 15 is 0 Å². The van der Waals surface area contributed by atoms with Crippen molar-refractivity contribution in [3.63, 3.8) is 0 Å². The summed E-state index contributed by atoms with van der Waals surface area (Å²) >= 11 is 0. The van der Waals surface area contributed by atoms with Gasteiger partial charge in [0, 0.05) is 37.7 Å². The molecule has 0 unspecified atom stereocenters. The Kier molecular flexibility index (Phi) is 5.03. The fraction of sp³-hybridized carbons (Fsp3) is 0.600. The smallest absolute Gasteiger partial charge is 0.268 e. The lowest BCUT2D eigenvalue weighted by molar-refractivity contribution is 0.553. The molecule has 92 valence electrons. The molecule has 0 radical (unpaired) electrons. The number of aryl methyl sites for hydroxylation is 1. The Morgan fingerprint density at radius 1 is 1.65 bits per heavy atom. The Bertz CT molecular complexity index is 462. The van der Waals surface area contributed by atoms with Crippen LogP contribution in [0.2, 0.25) is 0 Å². The minimum atomic E-state index is -0.135. The lowest BCUT2D eigenvalue weighted by atomic mass is 10.4. The quantitative estimate of drug-likeness (QED) is 0.324. The van der Waals surface area contributed by atoms with E-state index in [4.69, 9.17) is 5.53 Å². The van der Waals surface area contributed by atoms with Crippen LogP contribution in [0.3, 0.4) is 0 Å². The monoisotopic (exact) mass is 236 g/mol. The molecule has 0 saturated carbocycles. The molecular weight excluding hydrogens is 220 g/mol. The van der Waals surface area contributed by atoms with E-state index in [1.807, 2.05) is 18.9 Å². The van der Waals surface area contributed by atoms with Crippen molar-refractivity contribution >= 4 is 5.69 Å². The largest absolute Gasteiger partial charge is 0.373 e. The van der Waals surface area contributed by atoms with Gasteiger partial charge < -0.3 is 4.90 Å². The predicted molar refractivity (Wildman–Crippen MR) is 66.1 cm³/mol. The molecule has 7 heteroatoms. The number of anilines is 1. The Balaban J connectivity index is 2.69. The maximum atomic E-state index is 11.7. The van der Waals surface area contributed by atoms with Crippen molar-refractivity contribution in [1.82, 2.24) is 9.78 Å². The van der Waals surface area contributed by atoms with E-state index in [9.17, 15) is 4.79 Å². The third-order valence-electron chi connectivity index (χ3n) is 2.46. The van der Waals surface area contributed by atoms with Crippen LogP contribution >= 0.6 is 0 Å². The second kappa shape index (κ2) is 6.55. The molecule has 17 heavy (non-hydrogen) atoms. The maximum absolute atomic E-state index is 11.7. The van der Waals surface area contributed by atoms with Gasteiger partial charge in [-0.2, -0.15) is 5.10 Å². The lowest BCUT2D eigenvalue weighted by Gasteiger charge is -2.16. The number of hydrogen-bond acceptors (Lipinski definition) is 4. The Labute approximate surface area is 99.3 Å². The molecule has 0 aromatic carbocycles. The molecule has 0 bridgehead atoms. The van der Waals surface area contributed by atoms with Crippen molar-refractivity contribution in [1.29, 1.82) is 0 Å². The topological polar surface area (TPSA) is 86.9 Å². The summed E-state index contributed by atoms with van der Waals surface area (Å²) in [6.45, 7) is 3.67. The van der Waals surface area contributed by atoms with E-state index in [1.165, 1.54) is 4.68 Å². The summed E-state index contributed by atoms with van der Waals surface area (Å²) in [4.78, 5) is 16.3. The third kappa shape index (κ3) is 3.81. The van der Waals surface area contributed by atoms with E-state index in [2.05, 4.69) is 15.1 Å². The molecule has 0 N–H and O–H groups in total. The van der Waals surface area contributed by atoms with Crippen molar-refractivity contribution in [3.8, 4) is 0 Å². The Morgan fingerprint density at radius 2 is 2.41 bits per heavy atom. The summed E-state index contributed by atoms with van der Waals surface area (Å²) in [5.74, 6) is 0. The average Bonchev–Trinajstić information content (AvgIpc) is 2.35. The summed E-state index contributed by atoms with van der Waals surface area (Å²) in [6, 6.07) is 1.56. The molecule has 0 aliphatic rings. The molecule has 1 rings (SSSR count). The van der Waals surface area contributed by atoms with Gasteiger partial charge in [-0.15, -0.1) is 0 Å². The van der Waals surface area contributed by atoms with Gasteiger partial charge in [0.15, 0.2) is 0 Å². The molecule has 0 aliphatic carbocycles. The van der Waals surface area contributed by atoms with Crippen LogP contribution in [0.1, 0.15) is 13.3 Å². The molecule has 7 nitrogen and oxygen atoms in total. The second-order valence-electron chi connectivity index (χ2n) is 3.60. The third-order valence-corrected chi connectivity index (χ3v) is 2.46. The zero-order valence-corrected chi connectivity index (χ0v) is 10.1. The van der Waals surface area contributed by atoms with E-state index in [-0.39, 0.29) is 5.56 Å². The fourth-order valence-electron chi connectivity index (χ4n) is 1.32. The van der Waals surface area contributed by atoms with Gasteiger partial charge in [0.2, 0.25) is 0 Å². The van der Waals surface area contributed by atoms with Crippen LogP contribution in [0.5, 0.6) is 0 Å². The fourth-order valence-corrected chi connectivity index (χ4v) is 1.32. The molecule has 0 atom stereocenters. The highest BCUT2D eigenvalue weighted by atomic mass is 16.1. The molecule has 0 aliphatic heterocycles. The molecule has 0 fully saturated rings. The average molecular weight is 236 g/mol. The second-order valence-corrected chi connectivity index (χ2v) is 3.60. The zero-order chi connectivity index (χ0) is 12.7. The van der Waals surface area contributed by atoms with Gasteiger partial charge in [-0.3, -0.25) is 4.79 Å². The number of nitrogens with zero attached hydrogens (tertiary/aromatic N) is 6. The van der Waals surface area contributed by atoms with E-state index in [0.29, 0.717) is 19.5 Å².